The van der Waals surface area contributed by atoms with Crippen LogP contribution in [0, 0.1) is 0 Å². The molecule has 2 aromatic carbocycles. The average Bonchev–Trinajstić information content (AvgIpc) is 3.43. The number of aromatic nitrogens is 1. The zero-order valence-corrected chi connectivity index (χ0v) is 20.4. The van der Waals surface area contributed by atoms with E-state index in [2.05, 4.69) is 49.8 Å². The number of rotatable bonds is 10. The van der Waals surface area contributed by atoms with Crippen molar-refractivity contribution in [3.8, 4) is 0 Å². The number of esters is 1. The number of nitrogens with one attached hydrogen (secondary N) is 2. The Labute approximate surface area is 200 Å². The number of hydrogen-bond acceptors (Lipinski definition) is 5. The molecule has 0 radical (unpaired) electrons. The summed E-state index contributed by atoms with van der Waals surface area (Å²) in [5.41, 5.74) is 5.90. The monoisotopic (exact) mass is 481 g/mol. The van der Waals surface area contributed by atoms with Crippen molar-refractivity contribution in [3.05, 3.63) is 77.0 Å². The third-order valence-electron chi connectivity index (χ3n) is 6.37. The van der Waals surface area contributed by atoms with Gasteiger partial charge in [-0.3, -0.25) is 4.90 Å². The molecule has 0 fully saturated rings. The first-order valence-electron chi connectivity index (χ1n) is 11.5. The lowest BCUT2D eigenvalue weighted by molar-refractivity contribution is -0.134. The summed E-state index contributed by atoms with van der Waals surface area (Å²) in [6.07, 6.45) is 9.25. The van der Waals surface area contributed by atoms with Gasteiger partial charge in [-0.1, -0.05) is 36.4 Å². The molecule has 1 atom stereocenters. The fraction of sp³-hybridized carbons (Fsp3) is 0.346. The van der Waals surface area contributed by atoms with E-state index in [0.29, 0.717) is 13.1 Å². The van der Waals surface area contributed by atoms with Gasteiger partial charge in [0, 0.05) is 48.9 Å². The number of sulfonamides is 1. The van der Waals surface area contributed by atoms with Crippen LogP contribution in [-0.4, -0.2) is 57.3 Å². The van der Waals surface area contributed by atoms with E-state index in [1.807, 2.05) is 18.2 Å². The second kappa shape index (κ2) is 10.5. The zero-order chi connectivity index (χ0) is 24.1. The highest BCUT2D eigenvalue weighted by atomic mass is 32.2. The molecule has 1 unspecified atom stereocenters. The van der Waals surface area contributed by atoms with Crippen molar-refractivity contribution in [3.63, 3.8) is 0 Å². The maximum Gasteiger partial charge on any atom is 0.330 e. The minimum atomic E-state index is -3.24. The molecule has 8 heteroatoms. The summed E-state index contributed by atoms with van der Waals surface area (Å²) in [7, 11) is -1.87. The molecule has 0 saturated heterocycles. The van der Waals surface area contributed by atoms with Crippen molar-refractivity contribution in [2.75, 3.05) is 33.0 Å². The molecular weight excluding hydrogens is 450 g/mol. The molecule has 0 spiro atoms. The summed E-state index contributed by atoms with van der Waals surface area (Å²) in [6.45, 7) is 1.82. The number of methoxy groups -OCH3 is 1. The number of carbonyl (C=O) groups is 1. The zero-order valence-electron chi connectivity index (χ0n) is 19.6. The molecule has 0 amide bonds. The van der Waals surface area contributed by atoms with Gasteiger partial charge in [0.05, 0.1) is 13.4 Å². The topological polar surface area (TPSA) is 91.5 Å². The average molecular weight is 482 g/mol. The number of benzene rings is 2. The number of aromatic amines is 1. The second-order valence-electron chi connectivity index (χ2n) is 8.68. The van der Waals surface area contributed by atoms with Crippen LogP contribution in [-0.2, 0) is 32.4 Å². The van der Waals surface area contributed by atoms with Crippen molar-refractivity contribution >= 4 is 33.0 Å². The Kier molecular flexibility index (Phi) is 7.50. The van der Waals surface area contributed by atoms with E-state index < -0.39 is 10.0 Å². The maximum atomic E-state index is 11.6. The molecule has 0 bridgehead atoms. The standard InChI is InChI=1S/C26H31N3O4S/c1-33-26(30)12-8-19-7-10-23-20(17-19)9-11-25(23)29(16-14-28-34(2,31)32)15-13-21-18-27-24-6-4-3-5-22(21)24/h3-8,10,12,17-18,25,27-28H,9,11,13-16H2,1-2H3/b12-8+. The first-order valence-corrected chi connectivity index (χ1v) is 13.4. The molecule has 0 saturated carbocycles. The Bertz CT molecular complexity index is 1300. The van der Waals surface area contributed by atoms with Crippen LogP contribution in [0.5, 0.6) is 0 Å². The quantitative estimate of drug-likeness (QED) is 0.342. The van der Waals surface area contributed by atoms with E-state index in [4.69, 9.17) is 0 Å². The summed E-state index contributed by atoms with van der Waals surface area (Å²) in [5.74, 6) is -0.375. The highest BCUT2D eigenvalue weighted by Gasteiger charge is 2.28. The van der Waals surface area contributed by atoms with Crippen LogP contribution in [0.2, 0.25) is 0 Å². The normalized spacial score (nSPS) is 15.9. The lowest BCUT2D eigenvalue weighted by Gasteiger charge is -2.30. The molecule has 0 aliphatic heterocycles. The van der Waals surface area contributed by atoms with Gasteiger partial charge in [0.2, 0.25) is 10.0 Å². The van der Waals surface area contributed by atoms with Crippen molar-refractivity contribution in [1.29, 1.82) is 0 Å². The number of ether oxygens (including phenoxy) is 1. The highest BCUT2D eigenvalue weighted by Crippen LogP contribution is 2.36. The molecule has 34 heavy (non-hydrogen) atoms. The van der Waals surface area contributed by atoms with Crippen LogP contribution >= 0.6 is 0 Å². The molecule has 1 heterocycles. The molecular formula is C26H31N3O4S. The summed E-state index contributed by atoms with van der Waals surface area (Å²) in [5, 5.41) is 1.23. The van der Waals surface area contributed by atoms with Gasteiger partial charge in [0.25, 0.3) is 0 Å². The van der Waals surface area contributed by atoms with Gasteiger partial charge in [-0.05, 0) is 53.7 Å². The number of aryl methyl sites for hydroxylation is 1. The summed E-state index contributed by atoms with van der Waals surface area (Å²) < 4.78 is 30.5. The molecule has 180 valence electrons. The first-order chi connectivity index (χ1) is 16.3. The number of para-hydroxylation sites is 1. The van der Waals surface area contributed by atoms with E-state index in [1.54, 1.807) is 6.08 Å². The van der Waals surface area contributed by atoms with E-state index in [9.17, 15) is 13.2 Å². The lowest BCUT2D eigenvalue weighted by atomic mass is 10.0. The maximum absolute atomic E-state index is 11.6. The van der Waals surface area contributed by atoms with Crippen molar-refractivity contribution in [2.45, 2.75) is 25.3 Å². The molecule has 1 aromatic heterocycles. The summed E-state index contributed by atoms with van der Waals surface area (Å²) >= 11 is 0. The van der Waals surface area contributed by atoms with E-state index in [1.165, 1.54) is 41.5 Å². The predicted octanol–water partition coefficient (Wildman–Crippen LogP) is 3.44. The van der Waals surface area contributed by atoms with Crippen LogP contribution in [0.15, 0.2) is 54.7 Å². The molecule has 2 N–H and O–H groups in total. The van der Waals surface area contributed by atoms with Crippen LogP contribution in [0.25, 0.3) is 17.0 Å². The smallest absolute Gasteiger partial charge is 0.330 e. The van der Waals surface area contributed by atoms with Crippen LogP contribution in [0.3, 0.4) is 0 Å². The number of fused-ring (bicyclic) bond motifs is 2. The van der Waals surface area contributed by atoms with E-state index in [-0.39, 0.29) is 12.0 Å². The Morgan fingerprint density at radius 1 is 1.24 bits per heavy atom. The Balaban J connectivity index is 1.52. The summed E-state index contributed by atoms with van der Waals surface area (Å²) in [6, 6.07) is 14.8. The highest BCUT2D eigenvalue weighted by molar-refractivity contribution is 7.88. The van der Waals surface area contributed by atoms with Gasteiger partial charge in [-0.15, -0.1) is 0 Å². The van der Waals surface area contributed by atoms with Gasteiger partial charge in [-0.2, -0.15) is 0 Å². The van der Waals surface area contributed by atoms with E-state index in [0.717, 1.165) is 36.9 Å². The molecule has 1 aliphatic carbocycles. The Hall–Kier alpha value is -2.94. The van der Waals surface area contributed by atoms with Crippen molar-refractivity contribution < 1.29 is 17.9 Å². The third-order valence-corrected chi connectivity index (χ3v) is 7.10. The Morgan fingerprint density at radius 3 is 2.85 bits per heavy atom. The molecule has 1 aliphatic rings. The molecule has 4 rings (SSSR count). The SMILES string of the molecule is COC(=O)/C=C/c1ccc2c(c1)CCC2N(CCNS(C)(=O)=O)CCc1c[nH]c2ccccc12. The molecule has 7 nitrogen and oxygen atoms in total. The first kappa shape index (κ1) is 24.2. The number of carbonyl (C=O) groups excluding carboxylic acids is 1. The number of H-pyrrole nitrogens is 1. The van der Waals surface area contributed by atoms with Gasteiger partial charge >= 0.3 is 5.97 Å². The van der Waals surface area contributed by atoms with Gasteiger partial charge in [0.15, 0.2) is 0 Å². The van der Waals surface area contributed by atoms with Gasteiger partial charge in [-0.25, -0.2) is 17.9 Å². The van der Waals surface area contributed by atoms with Crippen LogP contribution < -0.4 is 4.72 Å². The fourth-order valence-electron chi connectivity index (χ4n) is 4.73. The lowest BCUT2D eigenvalue weighted by Crippen LogP contribution is -2.37. The molecule has 3 aromatic rings. The number of hydrogen-bond donors (Lipinski definition) is 2. The van der Waals surface area contributed by atoms with Gasteiger partial charge in [0.1, 0.15) is 0 Å². The van der Waals surface area contributed by atoms with E-state index >= 15 is 0 Å². The van der Waals surface area contributed by atoms with Gasteiger partial charge < -0.3 is 9.72 Å². The summed E-state index contributed by atoms with van der Waals surface area (Å²) in [4.78, 5) is 17.1. The Morgan fingerprint density at radius 2 is 2.06 bits per heavy atom. The minimum absolute atomic E-state index is 0.222. The number of nitrogens with zero attached hydrogens (tertiary/aromatic N) is 1. The largest absolute Gasteiger partial charge is 0.466 e. The second-order valence-corrected chi connectivity index (χ2v) is 10.5. The van der Waals surface area contributed by atoms with Crippen molar-refractivity contribution in [1.82, 2.24) is 14.6 Å². The minimum Gasteiger partial charge on any atom is -0.466 e. The fourth-order valence-corrected chi connectivity index (χ4v) is 5.19. The van der Waals surface area contributed by atoms with Crippen molar-refractivity contribution in [2.24, 2.45) is 0 Å². The van der Waals surface area contributed by atoms with Crippen LogP contribution in [0.1, 0.15) is 34.7 Å². The van der Waals surface area contributed by atoms with Crippen LogP contribution in [0.4, 0.5) is 0 Å². The third kappa shape index (κ3) is 5.94. The predicted molar refractivity (Wildman–Crippen MR) is 135 cm³/mol.